The van der Waals surface area contributed by atoms with Gasteiger partial charge in [0.15, 0.2) is 6.61 Å². The quantitative estimate of drug-likeness (QED) is 0.526. The molecular weight excluding hydrogens is 386 g/mol. The minimum Gasteiger partial charge on any atom is -0.456 e. The average Bonchev–Trinajstić information content (AvgIpc) is 2.99. The summed E-state index contributed by atoms with van der Waals surface area (Å²) in [4.78, 5) is 24.1. The maximum atomic E-state index is 12.4. The van der Waals surface area contributed by atoms with Crippen molar-refractivity contribution in [3.8, 4) is 0 Å². The molecule has 134 valence electrons. The number of nitrogens with zero attached hydrogens (tertiary/aromatic N) is 1. The van der Waals surface area contributed by atoms with Crippen molar-refractivity contribution >= 4 is 44.7 Å². The van der Waals surface area contributed by atoms with E-state index in [2.05, 4.69) is 0 Å². The summed E-state index contributed by atoms with van der Waals surface area (Å²) >= 11 is 6.82. The highest BCUT2D eigenvalue weighted by molar-refractivity contribution is 7.89. The minimum atomic E-state index is -3.81. The molecule has 2 aromatic rings. The van der Waals surface area contributed by atoms with E-state index in [1.54, 1.807) is 18.2 Å². The Bertz CT molecular complexity index is 874. The van der Waals surface area contributed by atoms with E-state index in [4.69, 9.17) is 16.3 Å². The van der Waals surface area contributed by atoms with Gasteiger partial charge in [0.1, 0.15) is 6.54 Å². The Morgan fingerprint density at radius 3 is 2.36 bits per heavy atom. The van der Waals surface area contributed by atoms with Crippen LogP contribution in [0.5, 0.6) is 0 Å². The molecule has 0 saturated carbocycles. The molecule has 0 unspecified atom stereocenters. The molecule has 0 radical (unpaired) electrons. The van der Waals surface area contributed by atoms with Crippen LogP contribution in [0, 0.1) is 6.92 Å². The van der Waals surface area contributed by atoms with E-state index >= 15 is 0 Å². The van der Waals surface area contributed by atoms with Gasteiger partial charge in [0.2, 0.25) is 15.8 Å². The van der Waals surface area contributed by atoms with E-state index in [1.165, 1.54) is 25.2 Å². The number of likely N-dealkylation sites (N-methyl/N-ethyl adjacent to an activating group) is 1. The fraction of sp³-hybridized carbons (Fsp3) is 0.250. The number of benzene rings is 1. The zero-order valence-corrected chi connectivity index (χ0v) is 16.0. The number of thiophene rings is 1. The van der Waals surface area contributed by atoms with Crippen LogP contribution in [0.15, 0.2) is 41.3 Å². The highest BCUT2D eigenvalue weighted by Gasteiger charge is 2.24. The number of ketones is 1. The number of ether oxygens (including phenoxy) is 1. The number of carbonyl (C=O) groups excluding carboxylic acids is 2. The second-order valence-corrected chi connectivity index (χ2v) is 9.02. The topological polar surface area (TPSA) is 80.8 Å². The lowest BCUT2D eigenvalue weighted by atomic mass is 10.2. The zero-order chi connectivity index (χ0) is 18.6. The summed E-state index contributed by atoms with van der Waals surface area (Å²) in [5.74, 6) is -1.21. The van der Waals surface area contributed by atoms with Gasteiger partial charge in [-0.05, 0) is 31.2 Å². The number of hydrogen-bond donors (Lipinski definition) is 0. The lowest BCUT2D eigenvalue weighted by Crippen LogP contribution is -2.33. The van der Waals surface area contributed by atoms with Gasteiger partial charge in [-0.25, -0.2) is 8.42 Å². The zero-order valence-electron chi connectivity index (χ0n) is 13.6. The predicted octanol–water partition coefficient (Wildman–Crippen LogP) is 2.76. The molecule has 1 aromatic heterocycles. The Balaban J connectivity index is 1.93. The first-order valence-electron chi connectivity index (χ1n) is 7.17. The van der Waals surface area contributed by atoms with Gasteiger partial charge in [0.25, 0.3) is 0 Å². The first-order chi connectivity index (χ1) is 11.7. The Morgan fingerprint density at radius 2 is 1.80 bits per heavy atom. The smallest absolute Gasteiger partial charge is 0.321 e. The largest absolute Gasteiger partial charge is 0.456 e. The fourth-order valence-electron chi connectivity index (χ4n) is 1.88. The van der Waals surface area contributed by atoms with E-state index in [0.29, 0.717) is 9.21 Å². The summed E-state index contributed by atoms with van der Waals surface area (Å²) in [6, 6.07) is 9.39. The second kappa shape index (κ2) is 8.09. The molecule has 0 spiro atoms. The monoisotopic (exact) mass is 401 g/mol. The van der Waals surface area contributed by atoms with Gasteiger partial charge in [0.05, 0.1) is 14.1 Å². The van der Waals surface area contributed by atoms with E-state index < -0.39 is 34.9 Å². The maximum Gasteiger partial charge on any atom is 0.321 e. The molecule has 0 aliphatic heterocycles. The first-order valence-corrected chi connectivity index (χ1v) is 9.81. The highest BCUT2D eigenvalue weighted by atomic mass is 35.5. The number of aryl methyl sites for hydroxylation is 1. The summed E-state index contributed by atoms with van der Waals surface area (Å²) in [6.07, 6.45) is 0. The molecule has 6 nitrogen and oxygen atoms in total. The number of sulfonamides is 1. The van der Waals surface area contributed by atoms with Crippen LogP contribution in [0.4, 0.5) is 0 Å². The van der Waals surface area contributed by atoms with Gasteiger partial charge >= 0.3 is 5.97 Å². The summed E-state index contributed by atoms with van der Waals surface area (Å²) < 4.78 is 31.0. The van der Waals surface area contributed by atoms with Crippen LogP contribution in [0.1, 0.15) is 15.2 Å². The molecule has 1 heterocycles. The Labute approximate surface area is 155 Å². The van der Waals surface area contributed by atoms with Crippen molar-refractivity contribution in [3.05, 3.63) is 51.2 Å². The van der Waals surface area contributed by atoms with Gasteiger partial charge in [-0.2, -0.15) is 4.31 Å². The first kappa shape index (κ1) is 19.6. The van der Waals surface area contributed by atoms with Crippen molar-refractivity contribution in [2.45, 2.75) is 11.8 Å². The normalized spacial score (nSPS) is 11.5. The van der Waals surface area contributed by atoms with Crippen molar-refractivity contribution in [3.63, 3.8) is 0 Å². The van der Waals surface area contributed by atoms with Crippen molar-refractivity contribution < 1.29 is 22.7 Å². The van der Waals surface area contributed by atoms with Crippen molar-refractivity contribution in [1.29, 1.82) is 0 Å². The summed E-state index contributed by atoms with van der Waals surface area (Å²) in [5, 5.41) is 0. The lowest BCUT2D eigenvalue weighted by Gasteiger charge is -2.16. The van der Waals surface area contributed by atoms with Gasteiger partial charge in [-0.3, -0.25) is 9.59 Å². The van der Waals surface area contributed by atoms with Crippen LogP contribution >= 0.6 is 22.9 Å². The standard InChI is InChI=1S/C16H16ClNO5S2/c1-11-3-5-12(6-4-11)25(21,22)18(2)9-16(20)23-10-13(19)14-7-8-15(17)24-14/h3-8H,9-10H2,1-2H3. The molecule has 0 fully saturated rings. The van der Waals surface area contributed by atoms with Crippen molar-refractivity contribution in [1.82, 2.24) is 4.31 Å². The summed E-state index contributed by atoms with van der Waals surface area (Å²) in [6.45, 7) is 0.887. The molecule has 1 aromatic carbocycles. The Hall–Kier alpha value is -1.74. The molecule has 0 amide bonds. The SMILES string of the molecule is Cc1ccc(S(=O)(=O)N(C)CC(=O)OCC(=O)c2ccc(Cl)s2)cc1. The minimum absolute atomic E-state index is 0.0812. The molecule has 0 saturated heterocycles. The van der Waals surface area contributed by atoms with Crippen LogP contribution in [-0.2, 0) is 19.6 Å². The third-order valence-electron chi connectivity index (χ3n) is 3.29. The van der Waals surface area contributed by atoms with E-state index in [1.807, 2.05) is 6.92 Å². The molecule has 0 atom stereocenters. The highest BCUT2D eigenvalue weighted by Crippen LogP contribution is 2.21. The van der Waals surface area contributed by atoms with E-state index in [-0.39, 0.29) is 4.90 Å². The number of hydrogen-bond acceptors (Lipinski definition) is 6. The number of Topliss-reactive ketones (excluding diaryl/α,β-unsaturated/α-hetero) is 1. The van der Waals surface area contributed by atoms with Crippen LogP contribution < -0.4 is 0 Å². The second-order valence-electron chi connectivity index (χ2n) is 5.26. The van der Waals surface area contributed by atoms with Crippen LogP contribution in [0.2, 0.25) is 4.34 Å². The summed E-state index contributed by atoms with van der Waals surface area (Å²) in [7, 11) is -2.53. The number of carbonyl (C=O) groups is 2. The molecule has 0 aliphatic rings. The van der Waals surface area contributed by atoms with Crippen molar-refractivity contribution in [2.24, 2.45) is 0 Å². The van der Waals surface area contributed by atoms with Crippen LogP contribution in [-0.4, -0.2) is 44.7 Å². The van der Waals surface area contributed by atoms with E-state index in [0.717, 1.165) is 21.2 Å². The predicted molar refractivity (Wildman–Crippen MR) is 95.6 cm³/mol. The average molecular weight is 402 g/mol. The van der Waals surface area contributed by atoms with Crippen molar-refractivity contribution in [2.75, 3.05) is 20.2 Å². The molecule has 2 rings (SSSR count). The fourth-order valence-corrected chi connectivity index (χ4v) is 3.97. The molecule has 0 aliphatic carbocycles. The molecular formula is C16H16ClNO5S2. The van der Waals surface area contributed by atoms with Gasteiger partial charge in [-0.1, -0.05) is 29.3 Å². The molecule has 9 heteroatoms. The van der Waals surface area contributed by atoms with Gasteiger partial charge in [-0.15, -0.1) is 11.3 Å². The Kier molecular flexibility index (Phi) is 6.34. The lowest BCUT2D eigenvalue weighted by molar-refractivity contribution is -0.142. The summed E-state index contributed by atoms with van der Waals surface area (Å²) in [5.41, 5.74) is 0.924. The van der Waals surface area contributed by atoms with Gasteiger partial charge in [0, 0.05) is 7.05 Å². The van der Waals surface area contributed by atoms with Gasteiger partial charge < -0.3 is 4.74 Å². The third-order valence-corrected chi connectivity index (χ3v) is 6.38. The molecule has 0 bridgehead atoms. The van der Waals surface area contributed by atoms with Crippen LogP contribution in [0.3, 0.4) is 0 Å². The molecule has 25 heavy (non-hydrogen) atoms. The number of rotatable bonds is 7. The number of halogens is 1. The van der Waals surface area contributed by atoms with Crippen LogP contribution in [0.25, 0.3) is 0 Å². The van der Waals surface area contributed by atoms with E-state index in [9.17, 15) is 18.0 Å². The maximum absolute atomic E-state index is 12.4. The Morgan fingerprint density at radius 1 is 1.16 bits per heavy atom. The molecule has 0 N–H and O–H groups in total. The third kappa shape index (κ3) is 5.12. The number of esters is 1.